The zero-order chi connectivity index (χ0) is 13.8. The van der Waals surface area contributed by atoms with Crippen molar-refractivity contribution in [3.05, 3.63) is 11.8 Å². The highest BCUT2D eigenvalue weighted by atomic mass is 19.4. The van der Waals surface area contributed by atoms with Gasteiger partial charge in [0, 0.05) is 12.6 Å². The van der Waals surface area contributed by atoms with Crippen LogP contribution in [-0.2, 0) is 11.0 Å². The van der Waals surface area contributed by atoms with E-state index in [2.05, 4.69) is 20.6 Å². The number of nitrogens with one attached hydrogen (secondary N) is 2. The first-order chi connectivity index (χ1) is 8.32. The maximum absolute atomic E-state index is 12.5. The highest BCUT2D eigenvalue weighted by Gasteiger charge is 2.33. The average Bonchev–Trinajstić information content (AvgIpc) is 2.25. The van der Waals surface area contributed by atoms with Crippen molar-refractivity contribution in [3.8, 4) is 0 Å². The molecule has 1 aromatic rings. The Bertz CT molecular complexity index is 435. The fraction of sp³-hybridized carbons (Fsp3) is 0.444. The molecule has 0 bridgehead atoms. The molecule has 0 aliphatic rings. The van der Waals surface area contributed by atoms with Crippen LogP contribution in [0.25, 0.3) is 0 Å². The molecule has 1 aromatic heterocycles. The van der Waals surface area contributed by atoms with Gasteiger partial charge in [0.15, 0.2) is 5.69 Å². The predicted molar refractivity (Wildman–Crippen MR) is 58.9 cm³/mol. The van der Waals surface area contributed by atoms with Crippen molar-refractivity contribution in [1.29, 1.82) is 0 Å². The van der Waals surface area contributed by atoms with Crippen LogP contribution in [0.15, 0.2) is 6.07 Å². The van der Waals surface area contributed by atoms with Crippen molar-refractivity contribution >= 4 is 17.7 Å². The lowest BCUT2D eigenvalue weighted by molar-refractivity contribution is -0.141. The van der Waals surface area contributed by atoms with Crippen molar-refractivity contribution in [2.45, 2.75) is 13.1 Å². The standard InChI is InChI=1S/C9H12F3N5O/c1-2-14-8-16-5(9(10,11)12)3-7(17-8)15-4-6(13)18/h3H,2,4H2,1H3,(H2,13,18)(H2,14,15,16,17). The number of primary amides is 1. The molecule has 0 atom stereocenters. The number of nitrogens with zero attached hydrogens (tertiary/aromatic N) is 2. The van der Waals surface area contributed by atoms with E-state index in [1.54, 1.807) is 6.92 Å². The van der Waals surface area contributed by atoms with Crippen molar-refractivity contribution in [1.82, 2.24) is 9.97 Å². The smallest absolute Gasteiger partial charge is 0.368 e. The quantitative estimate of drug-likeness (QED) is 0.731. The molecular formula is C9H12F3N5O. The minimum Gasteiger partial charge on any atom is -0.368 e. The van der Waals surface area contributed by atoms with E-state index in [0.29, 0.717) is 12.6 Å². The van der Waals surface area contributed by atoms with Crippen LogP contribution < -0.4 is 16.4 Å². The van der Waals surface area contributed by atoms with Crippen LogP contribution in [0.4, 0.5) is 24.9 Å². The third-order valence-electron chi connectivity index (χ3n) is 1.80. The number of carbonyl (C=O) groups is 1. The summed E-state index contributed by atoms with van der Waals surface area (Å²) in [6, 6.07) is 0.712. The number of amides is 1. The Balaban J connectivity index is 3.02. The van der Waals surface area contributed by atoms with Gasteiger partial charge < -0.3 is 16.4 Å². The Morgan fingerprint density at radius 1 is 1.39 bits per heavy atom. The molecule has 0 spiro atoms. The maximum Gasteiger partial charge on any atom is 0.433 e. The predicted octanol–water partition coefficient (Wildman–Crippen LogP) is 0.824. The first-order valence-corrected chi connectivity index (χ1v) is 5.05. The number of hydrogen-bond acceptors (Lipinski definition) is 5. The molecule has 0 radical (unpaired) electrons. The molecule has 6 nitrogen and oxygen atoms in total. The molecule has 100 valence electrons. The summed E-state index contributed by atoms with van der Waals surface area (Å²) >= 11 is 0. The fourth-order valence-electron chi connectivity index (χ4n) is 1.10. The lowest BCUT2D eigenvalue weighted by atomic mass is 10.3. The number of carbonyl (C=O) groups excluding carboxylic acids is 1. The van der Waals surface area contributed by atoms with E-state index in [-0.39, 0.29) is 18.3 Å². The molecule has 0 saturated heterocycles. The van der Waals surface area contributed by atoms with Gasteiger partial charge in [-0.25, -0.2) is 4.98 Å². The first-order valence-electron chi connectivity index (χ1n) is 5.05. The van der Waals surface area contributed by atoms with Crippen molar-refractivity contribution in [2.24, 2.45) is 5.73 Å². The van der Waals surface area contributed by atoms with Gasteiger partial charge in [-0.3, -0.25) is 4.79 Å². The molecular weight excluding hydrogens is 251 g/mol. The molecule has 0 unspecified atom stereocenters. The van der Waals surface area contributed by atoms with E-state index < -0.39 is 17.8 Å². The van der Waals surface area contributed by atoms with E-state index >= 15 is 0 Å². The molecule has 1 amide bonds. The zero-order valence-electron chi connectivity index (χ0n) is 9.51. The number of nitrogens with two attached hydrogens (primary N) is 1. The van der Waals surface area contributed by atoms with Crippen molar-refractivity contribution in [3.63, 3.8) is 0 Å². The molecule has 1 rings (SSSR count). The number of rotatable bonds is 5. The van der Waals surface area contributed by atoms with Gasteiger partial charge in [0.25, 0.3) is 0 Å². The SMILES string of the molecule is CCNc1nc(NCC(N)=O)cc(C(F)(F)F)n1. The Morgan fingerprint density at radius 2 is 2.06 bits per heavy atom. The summed E-state index contributed by atoms with van der Waals surface area (Å²) in [5.74, 6) is -0.987. The Morgan fingerprint density at radius 3 is 2.56 bits per heavy atom. The second-order valence-corrected chi connectivity index (χ2v) is 3.31. The molecule has 0 aliphatic heterocycles. The summed E-state index contributed by atoms with van der Waals surface area (Å²) < 4.78 is 37.6. The largest absolute Gasteiger partial charge is 0.433 e. The topological polar surface area (TPSA) is 92.9 Å². The summed E-state index contributed by atoms with van der Waals surface area (Å²) in [7, 11) is 0. The summed E-state index contributed by atoms with van der Waals surface area (Å²) in [6.07, 6.45) is -4.59. The summed E-state index contributed by atoms with van der Waals surface area (Å²) in [4.78, 5) is 17.6. The highest BCUT2D eigenvalue weighted by molar-refractivity contribution is 5.78. The lowest BCUT2D eigenvalue weighted by Crippen LogP contribution is -2.23. The van der Waals surface area contributed by atoms with Gasteiger partial charge in [-0.05, 0) is 6.92 Å². The van der Waals surface area contributed by atoms with Crippen LogP contribution in [0.3, 0.4) is 0 Å². The average molecular weight is 263 g/mol. The number of halogens is 3. The van der Waals surface area contributed by atoms with Crippen LogP contribution in [0.2, 0.25) is 0 Å². The van der Waals surface area contributed by atoms with Gasteiger partial charge >= 0.3 is 6.18 Å². The number of alkyl halides is 3. The monoisotopic (exact) mass is 263 g/mol. The Hall–Kier alpha value is -2.06. The van der Waals surface area contributed by atoms with Gasteiger partial charge in [-0.15, -0.1) is 0 Å². The van der Waals surface area contributed by atoms with Gasteiger partial charge in [-0.1, -0.05) is 0 Å². The summed E-state index contributed by atoms with van der Waals surface area (Å²) in [5, 5.41) is 4.96. The second-order valence-electron chi connectivity index (χ2n) is 3.31. The minimum atomic E-state index is -4.59. The van der Waals surface area contributed by atoms with Crippen molar-refractivity contribution < 1.29 is 18.0 Å². The molecule has 4 N–H and O–H groups in total. The van der Waals surface area contributed by atoms with E-state index in [1.807, 2.05) is 0 Å². The third kappa shape index (κ3) is 4.07. The van der Waals surface area contributed by atoms with Crippen LogP contribution >= 0.6 is 0 Å². The van der Waals surface area contributed by atoms with Gasteiger partial charge in [0.1, 0.15) is 5.82 Å². The highest BCUT2D eigenvalue weighted by Crippen LogP contribution is 2.29. The molecule has 0 fully saturated rings. The second kappa shape index (κ2) is 5.52. The molecule has 0 saturated carbocycles. The van der Waals surface area contributed by atoms with E-state index in [9.17, 15) is 18.0 Å². The van der Waals surface area contributed by atoms with E-state index in [1.165, 1.54) is 0 Å². The summed E-state index contributed by atoms with van der Waals surface area (Å²) in [5.41, 5.74) is 3.78. The zero-order valence-corrected chi connectivity index (χ0v) is 9.51. The molecule has 0 aliphatic carbocycles. The van der Waals surface area contributed by atoms with Gasteiger partial charge in [-0.2, -0.15) is 18.2 Å². The number of hydrogen-bond donors (Lipinski definition) is 3. The minimum absolute atomic E-state index is 0.118. The van der Waals surface area contributed by atoms with Crippen LogP contribution in [0, 0.1) is 0 Å². The molecule has 0 aromatic carbocycles. The summed E-state index contributed by atoms with van der Waals surface area (Å²) in [6.45, 7) is 1.76. The van der Waals surface area contributed by atoms with Crippen molar-refractivity contribution in [2.75, 3.05) is 23.7 Å². The number of aromatic nitrogens is 2. The molecule has 18 heavy (non-hydrogen) atoms. The number of anilines is 2. The Kier molecular flexibility index (Phi) is 4.29. The van der Waals surface area contributed by atoms with Crippen LogP contribution in [-0.4, -0.2) is 29.0 Å². The third-order valence-corrected chi connectivity index (χ3v) is 1.80. The van der Waals surface area contributed by atoms with Crippen LogP contribution in [0.5, 0.6) is 0 Å². The molecule has 9 heteroatoms. The van der Waals surface area contributed by atoms with E-state index in [0.717, 1.165) is 0 Å². The van der Waals surface area contributed by atoms with E-state index in [4.69, 9.17) is 5.73 Å². The maximum atomic E-state index is 12.5. The normalized spacial score (nSPS) is 11.1. The fourth-order valence-corrected chi connectivity index (χ4v) is 1.10. The first kappa shape index (κ1) is 14.0. The Labute approximate surface area is 101 Å². The van der Waals surface area contributed by atoms with Crippen LogP contribution in [0.1, 0.15) is 12.6 Å². The van der Waals surface area contributed by atoms with Gasteiger partial charge in [0.05, 0.1) is 6.54 Å². The van der Waals surface area contributed by atoms with Gasteiger partial charge in [0.2, 0.25) is 11.9 Å². The molecule has 1 heterocycles. The lowest BCUT2D eigenvalue weighted by Gasteiger charge is -2.11.